The number of rotatable bonds is 4. The van der Waals surface area contributed by atoms with E-state index in [0.29, 0.717) is 30.9 Å². The van der Waals surface area contributed by atoms with Gasteiger partial charge in [0, 0.05) is 49.4 Å². The number of carbonyl (C=O) groups is 2. The number of benzene rings is 2. The van der Waals surface area contributed by atoms with Crippen molar-refractivity contribution < 1.29 is 19.1 Å². The minimum atomic E-state index is -1.01. The monoisotopic (exact) mass is 444 g/mol. The van der Waals surface area contributed by atoms with Gasteiger partial charge in [0.2, 0.25) is 0 Å². The van der Waals surface area contributed by atoms with Gasteiger partial charge >= 0.3 is 12.1 Å². The highest BCUT2D eigenvalue weighted by Gasteiger charge is 2.58. The summed E-state index contributed by atoms with van der Waals surface area (Å²) in [5.74, 6) is 0. The van der Waals surface area contributed by atoms with Crippen LogP contribution in [0.4, 0.5) is 9.59 Å². The van der Waals surface area contributed by atoms with Crippen molar-refractivity contribution in [3.05, 3.63) is 107 Å². The van der Waals surface area contributed by atoms with Gasteiger partial charge in [-0.25, -0.2) is 9.59 Å². The van der Waals surface area contributed by atoms with Gasteiger partial charge in [-0.2, -0.15) is 4.73 Å². The first-order valence-electron chi connectivity index (χ1n) is 10.9. The molecular formula is C25H24N4O4. The molecule has 2 aliphatic heterocycles. The number of pyridine rings is 1. The van der Waals surface area contributed by atoms with E-state index in [4.69, 9.17) is 4.74 Å². The van der Waals surface area contributed by atoms with Crippen molar-refractivity contribution in [2.24, 2.45) is 0 Å². The zero-order valence-electron chi connectivity index (χ0n) is 18.0. The van der Waals surface area contributed by atoms with Gasteiger partial charge < -0.3 is 20.2 Å². The molecule has 1 N–H and O–H groups in total. The van der Waals surface area contributed by atoms with E-state index >= 15 is 0 Å². The number of cyclic esters (lactones) is 1. The number of hydrogen-bond acceptors (Lipinski definition) is 4. The first kappa shape index (κ1) is 20.8. The van der Waals surface area contributed by atoms with E-state index in [-0.39, 0.29) is 18.2 Å². The Labute approximate surface area is 191 Å². The Bertz CT molecular complexity index is 1100. The fourth-order valence-corrected chi connectivity index (χ4v) is 4.69. The summed E-state index contributed by atoms with van der Waals surface area (Å²) >= 11 is 0. The van der Waals surface area contributed by atoms with Crippen LogP contribution in [-0.2, 0) is 16.9 Å². The second kappa shape index (κ2) is 8.46. The highest BCUT2D eigenvalue weighted by Crippen LogP contribution is 2.45. The van der Waals surface area contributed by atoms with Crippen LogP contribution in [0.25, 0.3) is 0 Å². The molecule has 2 aliphatic rings. The molecule has 0 radical (unpaired) electrons. The third kappa shape index (κ3) is 3.73. The van der Waals surface area contributed by atoms with Crippen LogP contribution < -0.4 is 10.0 Å². The molecule has 2 fully saturated rings. The van der Waals surface area contributed by atoms with Crippen LogP contribution in [0.15, 0.2) is 85.2 Å². The number of ether oxygens (including phenoxy) is 1. The molecule has 168 valence electrons. The molecule has 2 aromatic carbocycles. The van der Waals surface area contributed by atoms with Gasteiger partial charge in [-0.15, -0.1) is 0 Å². The highest BCUT2D eigenvalue weighted by molar-refractivity contribution is 5.77. The van der Waals surface area contributed by atoms with Crippen molar-refractivity contribution >= 4 is 12.1 Å². The molecule has 33 heavy (non-hydrogen) atoms. The van der Waals surface area contributed by atoms with E-state index in [2.05, 4.69) is 5.32 Å². The summed E-state index contributed by atoms with van der Waals surface area (Å²) in [5, 5.41) is 14.1. The molecule has 0 bridgehead atoms. The maximum atomic E-state index is 13.0. The summed E-state index contributed by atoms with van der Waals surface area (Å²) in [4.78, 5) is 29.4. The van der Waals surface area contributed by atoms with Crippen molar-refractivity contribution in [1.29, 1.82) is 0 Å². The van der Waals surface area contributed by atoms with Gasteiger partial charge in [0.15, 0.2) is 18.0 Å². The molecule has 0 spiro atoms. The van der Waals surface area contributed by atoms with Crippen molar-refractivity contribution in [3.63, 3.8) is 0 Å². The van der Waals surface area contributed by atoms with Gasteiger partial charge in [0.05, 0.1) is 0 Å². The number of piperazine rings is 1. The lowest BCUT2D eigenvalue weighted by Crippen LogP contribution is -2.59. The van der Waals surface area contributed by atoms with Crippen molar-refractivity contribution in [2.45, 2.75) is 18.2 Å². The third-order valence-corrected chi connectivity index (χ3v) is 6.34. The molecule has 0 aliphatic carbocycles. The Morgan fingerprint density at radius 3 is 2.21 bits per heavy atom. The van der Waals surface area contributed by atoms with E-state index in [0.717, 1.165) is 16.7 Å². The van der Waals surface area contributed by atoms with Crippen LogP contribution in [-0.4, -0.2) is 47.6 Å². The molecular weight excluding hydrogens is 420 g/mol. The standard InChI is InChI=1S/C25H24N4O4/c30-23(26-17-19-11-13-28(32)14-12-19)27-15-16-29-22(18-27)25(33-24(29)31,20-7-3-1-4-8-20)21-9-5-2-6-10-21/h1-14,22H,15-18H2,(H,26,30). The second-order valence-electron chi connectivity index (χ2n) is 8.22. The number of nitrogens with zero attached hydrogens (tertiary/aromatic N) is 3. The average Bonchev–Trinajstić information content (AvgIpc) is 3.17. The summed E-state index contributed by atoms with van der Waals surface area (Å²) < 4.78 is 6.84. The zero-order chi connectivity index (χ0) is 22.8. The first-order chi connectivity index (χ1) is 16.1. The summed E-state index contributed by atoms with van der Waals surface area (Å²) in [5.41, 5.74) is 1.56. The minimum absolute atomic E-state index is 0.220. The van der Waals surface area contributed by atoms with Crippen LogP contribution in [0.5, 0.6) is 0 Å². The van der Waals surface area contributed by atoms with Crippen LogP contribution in [0.1, 0.15) is 16.7 Å². The second-order valence-corrected chi connectivity index (χ2v) is 8.22. The Morgan fingerprint density at radius 1 is 1.00 bits per heavy atom. The van der Waals surface area contributed by atoms with Crippen molar-refractivity contribution in [2.75, 3.05) is 19.6 Å². The van der Waals surface area contributed by atoms with Gasteiger partial charge in [-0.1, -0.05) is 60.7 Å². The fraction of sp³-hybridized carbons (Fsp3) is 0.240. The summed E-state index contributed by atoms with van der Waals surface area (Å²) in [6, 6.07) is 22.1. The van der Waals surface area contributed by atoms with Gasteiger partial charge in [0.25, 0.3) is 0 Å². The number of fused-ring (bicyclic) bond motifs is 1. The minimum Gasteiger partial charge on any atom is -0.619 e. The Hall–Kier alpha value is -4.07. The van der Waals surface area contributed by atoms with Gasteiger partial charge in [0.1, 0.15) is 6.04 Å². The number of amides is 3. The van der Waals surface area contributed by atoms with Crippen molar-refractivity contribution in [1.82, 2.24) is 15.1 Å². The number of nitrogens with one attached hydrogen (secondary N) is 1. The lowest BCUT2D eigenvalue weighted by Gasteiger charge is -2.42. The Morgan fingerprint density at radius 2 is 1.61 bits per heavy atom. The number of urea groups is 1. The number of carbonyl (C=O) groups excluding carboxylic acids is 2. The van der Waals surface area contributed by atoms with E-state index in [9.17, 15) is 14.8 Å². The molecule has 1 atom stereocenters. The third-order valence-electron chi connectivity index (χ3n) is 6.34. The molecule has 8 nitrogen and oxygen atoms in total. The summed E-state index contributed by atoms with van der Waals surface area (Å²) in [7, 11) is 0. The lowest BCUT2D eigenvalue weighted by molar-refractivity contribution is -0.605. The summed E-state index contributed by atoms with van der Waals surface area (Å²) in [6.45, 7) is 1.44. The van der Waals surface area contributed by atoms with Gasteiger partial charge in [-0.3, -0.25) is 4.90 Å². The van der Waals surface area contributed by atoms with E-state index in [1.807, 2.05) is 60.7 Å². The van der Waals surface area contributed by atoms with Crippen LogP contribution in [0, 0.1) is 5.21 Å². The molecule has 2 saturated heterocycles. The summed E-state index contributed by atoms with van der Waals surface area (Å²) in [6.07, 6.45) is 2.42. The van der Waals surface area contributed by atoms with Crippen LogP contribution >= 0.6 is 0 Å². The molecule has 3 aromatic rings. The quantitative estimate of drug-likeness (QED) is 0.495. The van der Waals surface area contributed by atoms with E-state index in [1.165, 1.54) is 12.4 Å². The van der Waals surface area contributed by atoms with Crippen LogP contribution in [0.3, 0.4) is 0 Å². The number of aromatic nitrogens is 1. The molecule has 1 aromatic heterocycles. The normalized spacial score (nSPS) is 19.0. The zero-order valence-corrected chi connectivity index (χ0v) is 18.0. The SMILES string of the molecule is O=C(NCc1cc[n+]([O-])cc1)N1CCN2C(=O)OC(c3ccccc3)(c3ccccc3)C2C1. The van der Waals surface area contributed by atoms with E-state index < -0.39 is 5.60 Å². The Balaban J connectivity index is 1.42. The number of hydrogen-bond donors (Lipinski definition) is 1. The first-order valence-corrected chi connectivity index (χ1v) is 10.9. The largest absolute Gasteiger partial charge is 0.619 e. The molecule has 1 unspecified atom stereocenters. The fourth-order valence-electron chi connectivity index (χ4n) is 4.69. The maximum Gasteiger partial charge on any atom is 0.411 e. The highest BCUT2D eigenvalue weighted by atomic mass is 16.6. The Kier molecular flexibility index (Phi) is 5.34. The van der Waals surface area contributed by atoms with E-state index in [1.54, 1.807) is 21.9 Å². The molecule has 0 saturated carbocycles. The van der Waals surface area contributed by atoms with Crippen molar-refractivity contribution in [3.8, 4) is 0 Å². The predicted octanol–water partition coefficient (Wildman–Crippen LogP) is 2.61. The van der Waals surface area contributed by atoms with Crippen LogP contribution in [0.2, 0.25) is 0 Å². The molecule has 5 rings (SSSR count). The molecule has 8 heteroatoms. The molecule has 3 amide bonds. The van der Waals surface area contributed by atoms with Gasteiger partial charge in [-0.05, 0) is 5.56 Å². The topological polar surface area (TPSA) is 88.8 Å². The predicted molar refractivity (Wildman–Crippen MR) is 120 cm³/mol. The smallest absolute Gasteiger partial charge is 0.411 e. The lowest BCUT2D eigenvalue weighted by atomic mass is 9.79. The maximum absolute atomic E-state index is 13.0. The average molecular weight is 444 g/mol. The molecule has 3 heterocycles.